The number of ether oxygens (including phenoxy) is 1. The number of carbonyl (C=O) groups excluding carboxylic acids is 1. The van der Waals surface area contributed by atoms with Gasteiger partial charge in [-0.05, 0) is 42.6 Å². The predicted molar refractivity (Wildman–Crippen MR) is 76.0 cm³/mol. The molecule has 0 spiro atoms. The first kappa shape index (κ1) is 13.8. The molecular formula is C12H17BrN2O2S. The van der Waals surface area contributed by atoms with Gasteiger partial charge in [0.05, 0.1) is 12.5 Å². The number of esters is 1. The average Bonchev–Trinajstić information content (AvgIpc) is 2.76. The second-order valence-corrected chi connectivity index (χ2v) is 6.12. The van der Waals surface area contributed by atoms with E-state index >= 15 is 0 Å². The molecule has 4 nitrogen and oxygen atoms in total. The Hall–Kier alpha value is -0.620. The van der Waals surface area contributed by atoms with Crippen LogP contribution >= 0.6 is 27.3 Å². The quantitative estimate of drug-likeness (QED) is 0.798. The van der Waals surface area contributed by atoms with Crippen LogP contribution in [0.15, 0.2) is 9.98 Å². The number of piperidine rings is 1. The third kappa shape index (κ3) is 3.03. The Balaban J connectivity index is 1.98. The zero-order valence-electron chi connectivity index (χ0n) is 10.6. The lowest BCUT2D eigenvalue weighted by atomic mass is 9.92. The van der Waals surface area contributed by atoms with E-state index in [0.29, 0.717) is 12.6 Å². The van der Waals surface area contributed by atoms with Crippen molar-refractivity contribution in [2.45, 2.75) is 32.7 Å². The number of halogens is 1. The van der Waals surface area contributed by atoms with Gasteiger partial charge in [-0.25, -0.2) is 4.98 Å². The summed E-state index contributed by atoms with van der Waals surface area (Å²) >= 11 is 5.00. The van der Waals surface area contributed by atoms with Crippen molar-refractivity contribution in [1.82, 2.24) is 4.98 Å². The molecule has 0 unspecified atom stereocenters. The van der Waals surface area contributed by atoms with E-state index in [1.165, 1.54) is 0 Å². The number of aromatic nitrogens is 1. The number of hydrogen-bond acceptors (Lipinski definition) is 5. The normalized spacial score (nSPS) is 24.1. The fourth-order valence-corrected chi connectivity index (χ4v) is 3.69. The number of thiazole rings is 1. The average molecular weight is 333 g/mol. The Bertz CT molecular complexity index is 424. The van der Waals surface area contributed by atoms with Gasteiger partial charge in [-0.3, -0.25) is 4.79 Å². The molecule has 100 valence electrons. The Morgan fingerprint density at radius 2 is 2.50 bits per heavy atom. The van der Waals surface area contributed by atoms with Gasteiger partial charge in [0.25, 0.3) is 0 Å². The molecule has 1 aromatic heterocycles. The Labute approximate surface area is 119 Å². The highest BCUT2D eigenvalue weighted by atomic mass is 79.9. The zero-order chi connectivity index (χ0) is 13.1. The van der Waals surface area contributed by atoms with Crippen LogP contribution < -0.4 is 4.90 Å². The van der Waals surface area contributed by atoms with Gasteiger partial charge < -0.3 is 9.64 Å². The monoisotopic (exact) mass is 332 g/mol. The maximum atomic E-state index is 11.7. The number of anilines is 1. The van der Waals surface area contributed by atoms with Crippen LogP contribution in [0, 0.1) is 5.92 Å². The fourth-order valence-electron chi connectivity index (χ4n) is 2.31. The second kappa shape index (κ2) is 6.02. The van der Waals surface area contributed by atoms with Gasteiger partial charge >= 0.3 is 5.97 Å². The molecule has 0 N–H and O–H groups in total. The van der Waals surface area contributed by atoms with E-state index in [1.807, 2.05) is 12.3 Å². The van der Waals surface area contributed by atoms with E-state index in [4.69, 9.17) is 4.74 Å². The molecule has 2 atom stereocenters. The molecule has 0 radical (unpaired) electrons. The summed E-state index contributed by atoms with van der Waals surface area (Å²) in [5.74, 6) is -0.0103. The summed E-state index contributed by atoms with van der Waals surface area (Å²) in [6.45, 7) is 5.32. The second-order valence-electron chi connectivity index (χ2n) is 4.47. The molecule has 0 saturated carbocycles. The number of carbonyl (C=O) groups is 1. The third-order valence-electron chi connectivity index (χ3n) is 3.21. The predicted octanol–water partition coefficient (Wildman–Crippen LogP) is 3.07. The minimum atomic E-state index is -0.0516. The van der Waals surface area contributed by atoms with Crippen LogP contribution in [0.1, 0.15) is 26.7 Å². The van der Waals surface area contributed by atoms with Crippen molar-refractivity contribution in [2.24, 2.45) is 5.92 Å². The largest absolute Gasteiger partial charge is 0.466 e. The van der Waals surface area contributed by atoms with Gasteiger partial charge in [-0.15, -0.1) is 11.3 Å². The van der Waals surface area contributed by atoms with Crippen molar-refractivity contribution in [3.8, 4) is 0 Å². The lowest BCUT2D eigenvalue weighted by molar-refractivity contribution is -0.149. The van der Waals surface area contributed by atoms with Crippen molar-refractivity contribution in [1.29, 1.82) is 0 Å². The first-order valence-electron chi connectivity index (χ1n) is 6.16. The molecule has 2 heterocycles. The number of hydrogen-bond donors (Lipinski definition) is 0. The van der Waals surface area contributed by atoms with Crippen molar-refractivity contribution in [2.75, 3.05) is 18.1 Å². The lowest BCUT2D eigenvalue weighted by Crippen LogP contribution is -2.43. The Morgan fingerprint density at radius 1 is 1.72 bits per heavy atom. The van der Waals surface area contributed by atoms with E-state index < -0.39 is 0 Å². The first-order chi connectivity index (χ1) is 8.61. The molecule has 1 aliphatic rings. The summed E-state index contributed by atoms with van der Waals surface area (Å²) in [7, 11) is 0. The summed E-state index contributed by atoms with van der Waals surface area (Å²) in [4.78, 5) is 18.4. The lowest BCUT2D eigenvalue weighted by Gasteiger charge is -2.36. The SMILES string of the molecule is CCOC(=O)[C@@H]1CCN(c2nc(Br)cs2)[C@H](C)C1. The van der Waals surface area contributed by atoms with Crippen LogP contribution in [0.25, 0.3) is 0 Å². The number of rotatable bonds is 3. The van der Waals surface area contributed by atoms with E-state index in [1.54, 1.807) is 11.3 Å². The highest BCUT2D eigenvalue weighted by Gasteiger charge is 2.31. The summed E-state index contributed by atoms with van der Waals surface area (Å²) in [6.07, 6.45) is 1.69. The molecule has 1 saturated heterocycles. The minimum Gasteiger partial charge on any atom is -0.466 e. The van der Waals surface area contributed by atoms with Gasteiger partial charge in [-0.1, -0.05) is 0 Å². The van der Waals surface area contributed by atoms with E-state index in [0.717, 1.165) is 29.1 Å². The van der Waals surface area contributed by atoms with E-state index in [9.17, 15) is 4.79 Å². The number of nitrogens with zero attached hydrogens (tertiary/aromatic N) is 2. The molecule has 0 aromatic carbocycles. The molecule has 0 amide bonds. The van der Waals surface area contributed by atoms with Crippen LogP contribution in [0.2, 0.25) is 0 Å². The molecule has 6 heteroatoms. The van der Waals surface area contributed by atoms with E-state index in [-0.39, 0.29) is 11.9 Å². The third-order valence-corrected chi connectivity index (χ3v) is 4.79. The molecule has 0 aliphatic carbocycles. The minimum absolute atomic E-state index is 0.0413. The summed E-state index contributed by atoms with van der Waals surface area (Å²) in [6, 6.07) is 0.325. The standard InChI is InChI=1S/C12H17BrN2O2S/c1-3-17-11(16)9-4-5-15(8(2)6-9)12-14-10(13)7-18-12/h7-9H,3-6H2,1-2H3/t8-,9-/m1/s1. The zero-order valence-corrected chi connectivity index (χ0v) is 13.0. The van der Waals surface area contributed by atoms with Gasteiger partial charge in [0.2, 0.25) is 0 Å². The van der Waals surface area contributed by atoms with Crippen LogP contribution in [0.5, 0.6) is 0 Å². The molecule has 1 aliphatic heterocycles. The maximum absolute atomic E-state index is 11.7. The Morgan fingerprint density at radius 3 is 3.06 bits per heavy atom. The van der Waals surface area contributed by atoms with Crippen molar-refractivity contribution >= 4 is 38.4 Å². The van der Waals surface area contributed by atoms with Gasteiger partial charge in [-0.2, -0.15) is 0 Å². The Kier molecular flexibility index (Phi) is 4.61. The van der Waals surface area contributed by atoms with E-state index in [2.05, 4.69) is 32.7 Å². The highest BCUT2D eigenvalue weighted by Crippen LogP contribution is 2.31. The smallest absolute Gasteiger partial charge is 0.309 e. The summed E-state index contributed by atoms with van der Waals surface area (Å²) in [5.41, 5.74) is 0. The van der Waals surface area contributed by atoms with Gasteiger partial charge in [0, 0.05) is 18.0 Å². The van der Waals surface area contributed by atoms with Crippen LogP contribution in [-0.4, -0.2) is 30.1 Å². The van der Waals surface area contributed by atoms with Crippen molar-refractivity contribution in [3.63, 3.8) is 0 Å². The first-order valence-corrected chi connectivity index (χ1v) is 7.83. The molecular weight excluding hydrogens is 316 g/mol. The van der Waals surface area contributed by atoms with Crippen molar-refractivity contribution < 1.29 is 9.53 Å². The topological polar surface area (TPSA) is 42.4 Å². The van der Waals surface area contributed by atoms with Gasteiger partial charge in [0.1, 0.15) is 4.60 Å². The molecule has 18 heavy (non-hydrogen) atoms. The summed E-state index contributed by atoms with van der Waals surface area (Å²) in [5, 5.41) is 3.01. The highest BCUT2D eigenvalue weighted by molar-refractivity contribution is 9.10. The maximum Gasteiger partial charge on any atom is 0.309 e. The van der Waals surface area contributed by atoms with Crippen LogP contribution in [0.3, 0.4) is 0 Å². The summed E-state index contributed by atoms with van der Waals surface area (Å²) < 4.78 is 5.97. The molecule has 0 bridgehead atoms. The fraction of sp³-hybridized carbons (Fsp3) is 0.667. The van der Waals surface area contributed by atoms with Gasteiger partial charge in [0.15, 0.2) is 5.13 Å². The van der Waals surface area contributed by atoms with Crippen LogP contribution in [0.4, 0.5) is 5.13 Å². The molecule has 1 fully saturated rings. The van der Waals surface area contributed by atoms with Crippen LogP contribution in [-0.2, 0) is 9.53 Å². The molecule has 1 aromatic rings. The molecule has 2 rings (SSSR count). The van der Waals surface area contributed by atoms with Crippen molar-refractivity contribution in [3.05, 3.63) is 9.98 Å².